The highest BCUT2D eigenvalue weighted by Gasteiger charge is 2.62. The van der Waals surface area contributed by atoms with Crippen LogP contribution in [0, 0.1) is 34.5 Å². The third-order valence-electron chi connectivity index (χ3n) is 9.75. The van der Waals surface area contributed by atoms with Crippen LogP contribution in [0.2, 0.25) is 0 Å². The monoisotopic (exact) mass is 376 g/mol. The summed E-state index contributed by atoms with van der Waals surface area (Å²) < 4.78 is 0. The van der Waals surface area contributed by atoms with E-state index < -0.39 is 5.79 Å². The summed E-state index contributed by atoms with van der Waals surface area (Å²) in [7, 11) is 0. The molecular weight excluding hydrogens is 336 g/mol. The minimum absolute atomic E-state index is 0.298. The molecule has 3 fully saturated rings. The quantitative estimate of drug-likeness (QED) is 0.488. The van der Waals surface area contributed by atoms with E-state index in [9.17, 15) is 15.3 Å². The van der Waals surface area contributed by atoms with Crippen molar-refractivity contribution in [1.82, 2.24) is 0 Å². The topological polar surface area (TPSA) is 60.7 Å². The van der Waals surface area contributed by atoms with E-state index in [-0.39, 0.29) is 5.41 Å². The van der Waals surface area contributed by atoms with Gasteiger partial charge in [0.2, 0.25) is 0 Å². The van der Waals surface area contributed by atoms with Gasteiger partial charge in [0.15, 0.2) is 5.79 Å². The molecule has 0 spiro atoms. The molecule has 0 bridgehead atoms. The van der Waals surface area contributed by atoms with E-state index in [1.54, 1.807) is 11.1 Å². The summed E-state index contributed by atoms with van der Waals surface area (Å²) in [6.45, 7) is 7.38. The fourth-order valence-electron chi connectivity index (χ4n) is 8.16. The second-order valence-corrected chi connectivity index (χ2v) is 10.7. The lowest BCUT2D eigenvalue weighted by Gasteiger charge is -2.60. The van der Waals surface area contributed by atoms with Gasteiger partial charge in [-0.25, -0.2) is 0 Å². The minimum Gasteiger partial charge on any atom is -0.396 e. The summed E-state index contributed by atoms with van der Waals surface area (Å²) in [6.07, 6.45) is 11.8. The van der Waals surface area contributed by atoms with Crippen molar-refractivity contribution in [2.75, 3.05) is 6.61 Å². The molecule has 3 N–H and O–H groups in total. The van der Waals surface area contributed by atoms with E-state index in [4.69, 9.17) is 0 Å². The lowest BCUT2D eigenvalue weighted by molar-refractivity contribution is -0.293. The predicted molar refractivity (Wildman–Crippen MR) is 108 cm³/mol. The largest absolute Gasteiger partial charge is 0.396 e. The normalized spacial score (nSPS) is 44.4. The number of hydrogen-bond acceptors (Lipinski definition) is 3. The van der Waals surface area contributed by atoms with Crippen molar-refractivity contribution in [2.24, 2.45) is 34.5 Å². The van der Waals surface area contributed by atoms with Crippen LogP contribution < -0.4 is 0 Å². The van der Waals surface area contributed by atoms with Crippen LogP contribution in [0.1, 0.15) is 91.4 Å². The van der Waals surface area contributed by atoms with Gasteiger partial charge in [-0.2, -0.15) is 0 Å². The zero-order valence-corrected chi connectivity index (χ0v) is 17.6. The van der Waals surface area contributed by atoms with Crippen molar-refractivity contribution >= 4 is 0 Å². The fraction of sp³-hybridized carbons (Fsp3) is 0.917. The molecule has 0 aliphatic heterocycles. The van der Waals surface area contributed by atoms with Gasteiger partial charge in [0, 0.05) is 18.4 Å². The molecular formula is C24H40O3. The first-order valence-electron chi connectivity index (χ1n) is 11.5. The van der Waals surface area contributed by atoms with Crippen LogP contribution in [0.25, 0.3) is 0 Å². The Bertz CT molecular complexity index is 609. The number of aliphatic hydroxyl groups is 3. The zero-order chi connectivity index (χ0) is 19.4. The summed E-state index contributed by atoms with van der Waals surface area (Å²) in [5, 5.41) is 31.3. The predicted octanol–water partition coefficient (Wildman–Crippen LogP) is 4.80. The third-order valence-corrected chi connectivity index (χ3v) is 9.75. The number of hydrogen-bond donors (Lipinski definition) is 3. The van der Waals surface area contributed by atoms with Crippen LogP contribution in [0.5, 0.6) is 0 Å². The van der Waals surface area contributed by atoms with Gasteiger partial charge in [0.25, 0.3) is 0 Å². The molecule has 0 aromatic rings. The summed E-state index contributed by atoms with van der Waals surface area (Å²) in [5.41, 5.74) is 3.24. The molecule has 27 heavy (non-hydrogen) atoms. The van der Waals surface area contributed by atoms with Crippen molar-refractivity contribution < 1.29 is 15.3 Å². The Morgan fingerprint density at radius 3 is 2.56 bits per heavy atom. The SMILES string of the molecule is C[C@H](CCCO)[C@H]1CCC2=C3CC[C@@H]4CCCC(O)(O)[C@]4(C)[C@H]3CC[C@@]21C. The maximum atomic E-state index is 11.0. The van der Waals surface area contributed by atoms with E-state index in [0.29, 0.717) is 36.2 Å². The van der Waals surface area contributed by atoms with E-state index in [2.05, 4.69) is 20.8 Å². The second-order valence-electron chi connectivity index (χ2n) is 10.7. The van der Waals surface area contributed by atoms with Crippen molar-refractivity contribution in [1.29, 1.82) is 0 Å². The lowest BCUT2D eigenvalue weighted by Crippen LogP contribution is -2.60. The molecule has 3 saturated carbocycles. The van der Waals surface area contributed by atoms with E-state index in [0.717, 1.165) is 44.4 Å². The molecule has 0 saturated heterocycles. The van der Waals surface area contributed by atoms with Gasteiger partial charge in [-0.1, -0.05) is 31.9 Å². The summed E-state index contributed by atoms with van der Waals surface area (Å²) in [4.78, 5) is 0. The van der Waals surface area contributed by atoms with E-state index in [1.807, 2.05) is 0 Å². The maximum Gasteiger partial charge on any atom is 0.168 e. The Balaban J connectivity index is 1.68. The first-order valence-corrected chi connectivity index (χ1v) is 11.5. The Kier molecular flexibility index (Phi) is 5.05. The first-order chi connectivity index (χ1) is 12.8. The molecule has 4 aliphatic rings. The molecule has 154 valence electrons. The van der Waals surface area contributed by atoms with Gasteiger partial charge in [-0.05, 0) is 93.3 Å². The minimum atomic E-state index is -1.51. The maximum absolute atomic E-state index is 11.0. The fourth-order valence-corrected chi connectivity index (χ4v) is 8.16. The third kappa shape index (κ3) is 2.79. The first kappa shape index (κ1) is 19.9. The van der Waals surface area contributed by atoms with Crippen LogP contribution in [0.3, 0.4) is 0 Å². The Morgan fingerprint density at radius 1 is 1.04 bits per heavy atom. The van der Waals surface area contributed by atoms with Crippen LogP contribution in [0.15, 0.2) is 11.1 Å². The van der Waals surface area contributed by atoms with Gasteiger partial charge in [0.1, 0.15) is 0 Å². The molecule has 3 nitrogen and oxygen atoms in total. The van der Waals surface area contributed by atoms with Crippen LogP contribution in [-0.2, 0) is 0 Å². The Morgan fingerprint density at radius 2 is 1.81 bits per heavy atom. The zero-order valence-electron chi connectivity index (χ0n) is 17.6. The summed E-state index contributed by atoms with van der Waals surface area (Å²) in [6, 6.07) is 0. The standard InChI is InChI=1S/C24H40O3/c1-16(6-5-15-25)19-10-11-20-18-9-8-17-7-4-13-24(26,27)23(17,3)21(18)12-14-22(19,20)2/h16-17,19,21,25-27H,4-15H2,1-3H3/t16-,17+,19-,21+,22-,23+/m1/s1. The van der Waals surface area contributed by atoms with Crippen molar-refractivity contribution in [3.63, 3.8) is 0 Å². The molecule has 4 aliphatic carbocycles. The highest BCUT2D eigenvalue weighted by Crippen LogP contribution is 2.67. The molecule has 0 heterocycles. The van der Waals surface area contributed by atoms with E-state index in [1.165, 1.54) is 25.7 Å². The highest BCUT2D eigenvalue weighted by atomic mass is 16.5. The molecule has 0 aromatic carbocycles. The average molecular weight is 377 g/mol. The molecule has 0 amide bonds. The Labute approximate surface area is 165 Å². The summed E-state index contributed by atoms with van der Waals surface area (Å²) in [5.74, 6) is 0.694. The second kappa shape index (κ2) is 6.85. The number of aliphatic hydroxyl groups excluding tert-OH is 1. The van der Waals surface area contributed by atoms with Gasteiger partial charge in [0.05, 0.1) is 0 Å². The van der Waals surface area contributed by atoms with Crippen molar-refractivity contribution in [3.05, 3.63) is 11.1 Å². The van der Waals surface area contributed by atoms with Gasteiger partial charge >= 0.3 is 0 Å². The Hall–Kier alpha value is -0.380. The lowest BCUT2D eigenvalue weighted by atomic mass is 9.47. The van der Waals surface area contributed by atoms with E-state index >= 15 is 0 Å². The van der Waals surface area contributed by atoms with Gasteiger partial charge in [-0.15, -0.1) is 0 Å². The molecule has 0 unspecified atom stereocenters. The number of rotatable bonds is 4. The molecule has 4 rings (SSSR count). The van der Waals surface area contributed by atoms with Crippen LogP contribution in [0.4, 0.5) is 0 Å². The molecule has 3 heteroatoms. The summed E-state index contributed by atoms with van der Waals surface area (Å²) >= 11 is 0. The molecule has 0 radical (unpaired) electrons. The van der Waals surface area contributed by atoms with Gasteiger partial charge < -0.3 is 15.3 Å². The van der Waals surface area contributed by atoms with Crippen molar-refractivity contribution in [3.8, 4) is 0 Å². The molecule has 6 atom stereocenters. The van der Waals surface area contributed by atoms with Gasteiger partial charge in [-0.3, -0.25) is 0 Å². The van der Waals surface area contributed by atoms with Crippen molar-refractivity contribution in [2.45, 2.75) is 97.2 Å². The van der Waals surface area contributed by atoms with Crippen LogP contribution in [-0.4, -0.2) is 27.7 Å². The number of fused-ring (bicyclic) bond motifs is 4. The molecule has 0 aromatic heterocycles. The average Bonchev–Trinajstić information content (AvgIpc) is 2.98. The van der Waals surface area contributed by atoms with Crippen LogP contribution >= 0.6 is 0 Å². The number of allylic oxidation sites excluding steroid dienone is 2. The highest BCUT2D eigenvalue weighted by molar-refractivity contribution is 5.35. The smallest absolute Gasteiger partial charge is 0.168 e.